The van der Waals surface area contributed by atoms with E-state index in [9.17, 15) is 4.79 Å². The zero-order valence-electron chi connectivity index (χ0n) is 18.7. The van der Waals surface area contributed by atoms with Gasteiger partial charge < -0.3 is 25.2 Å². The highest BCUT2D eigenvalue weighted by molar-refractivity contribution is 14.0. The maximum Gasteiger partial charge on any atom is 0.229 e. The highest BCUT2D eigenvalue weighted by Crippen LogP contribution is 2.26. The number of nitrogens with one attached hydrogen (secondary N) is 2. The number of aliphatic imine (C=N–C) groups is 1. The molecule has 2 aliphatic heterocycles. The Morgan fingerprint density at radius 2 is 1.91 bits per heavy atom. The number of methoxy groups -OCH3 is 1. The Hall–Kier alpha value is -2.49. The second kappa shape index (κ2) is 11.4. The predicted octanol–water partition coefficient (Wildman–Crippen LogP) is 3.11. The molecule has 0 saturated carbocycles. The summed E-state index contributed by atoms with van der Waals surface area (Å²) in [7, 11) is 3.48. The molecule has 2 atom stereocenters. The van der Waals surface area contributed by atoms with Gasteiger partial charge in [0.2, 0.25) is 5.91 Å². The molecule has 4 rings (SSSR count). The molecular weight excluding hydrogens is 517 g/mol. The molecule has 0 radical (unpaired) electrons. The van der Waals surface area contributed by atoms with E-state index in [1.165, 1.54) is 5.69 Å². The van der Waals surface area contributed by atoms with Gasteiger partial charge in [0.25, 0.3) is 0 Å². The SMILES string of the molecule is CN=C(NCC1CCN(c2cccc(OC)c2)C1)NC1CC(=O)N(c2ccccc2)C1.I. The molecule has 8 heteroatoms. The summed E-state index contributed by atoms with van der Waals surface area (Å²) in [5.74, 6) is 2.33. The zero-order chi connectivity index (χ0) is 21.6. The molecule has 2 saturated heterocycles. The molecule has 2 unspecified atom stereocenters. The number of hydrogen-bond donors (Lipinski definition) is 2. The van der Waals surface area contributed by atoms with E-state index in [0.29, 0.717) is 18.9 Å². The molecule has 0 bridgehead atoms. The molecule has 2 aliphatic rings. The van der Waals surface area contributed by atoms with Crippen LogP contribution in [0, 0.1) is 5.92 Å². The first kappa shape index (κ1) is 24.2. The van der Waals surface area contributed by atoms with Crippen LogP contribution in [0.2, 0.25) is 0 Å². The fourth-order valence-corrected chi connectivity index (χ4v) is 4.33. The van der Waals surface area contributed by atoms with Crippen molar-refractivity contribution < 1.29 is 9.53 Å². The largest absolute Gasteiger partial charge is 0.497 e. The lowest BCUT2D eigenvalue weighted by atomic mass is 10.1. The van der Waals surface area contributed by atoms with Crippen LogP contribution in [0.25, 0.3) is 0 Å². The molecule has 2 heterocycles. The number of ether oxygens (including phenoxy) is 1. The van der Waals surface area contributed by atoms with E-state index in [1.807, 2.05) is 47.4 Å². The van der Waals surface area contributed by atoms with Gasteiger partial charge in [0, 0.05) is 57.1 Å². The average molecular weight is 549 g/mol. The molecule has 0 spiro atoms. The first-order chi connectivity index (χ1) is 15.2. The van der Waals surface area contributed by atoms with Crippen LogP contribution in [-0.4, -0.2) is 58.2 Å². The first-order valence-corrected chi connectivity index (χ1v) is 10.9. The molecule has 2 fully saturated rings. The normalized spacial score (nSPS) is 20.8. The lowest BCUT2D eigenvalue weighted by molar-refractivity contribution is -0.117. The number of para-hydroxylation sites is 1. The summed E-state index contributed by atoms with van der Waals surface area (Å²) in [5.41, 5.74) is 2.15. The molecule has 172 valence electrons. The Labute approximate surface area is 207 Å². The minimum absolute atomic E-state index is 0. The number of rotatable bonds is 6. The number of anilines is 2. The van der Waals surface area contributed by atoms with E-state index in [0.717, 1.165) is 43.5 Å². The average Bonchev–Trinajstić information content (AvgIpc) is 3.43. The van der Waals surface area contributed by atoms with Gasteiger partial charge in [0.05, 0.1) is 13.2 Å². The molecule has 7 nitrogen and oxygen atoms in total. The van der Waals surface area contributed by atoms with Crippen LogP contribution in [-0.2, 0) is 4.79 Å². The van der Waals surface area contributed by atoms with Crippen LogP contribution in [0.1, 0.15) is 12.8 Å². The van der Waals surface area contributed by atoms with E-state index >= 15 is 0 Å². The number of guanidine groups is 1. The Kier molecular flexibility index (Phi) is 8.60. The van der Waals surface area contributed by atoms with Crippen LogP contribution >= 0.6 is 24.0 Å². The van der Waals surface area contributed by atoms with Gasteiger partial charge in [-0.2, -0.15) is 0 Å². The molecule has 0 aromatic heterocycles. The van der Waals surface area contributed by atoms with Crippen molar-refractivity contribution in [2.24, 2.45) is 10.9 Å². The summed E-state index contributed by atoms with van der Waals surface area (Å²) in [6.45, 7) is 3.54. The quantitative estimate of drug-likeness (QED) is 0.330. The van der Waals surface area contributed by atoms with Crippen LogP contribution in [0.3, 0.4) is 0 Å². The minimum atomic E-state index is 0. The number of hydrogen-bond acceptors (Lipinski definition) is 4. The zero-order valence-corrected chi connectivity index (χ0v) is 21.0. The van der Waals surface area contributed by atoms with Crippen molar-refractivity contribution in [3.05, 3.63) is 54.6 Å². The van der Waals surface area contributed by atoms with Gasteiger partial charge in [-0.25, -0.2) is 0 Å². The summed E-state index contributed by atoms with van der Waals surface area (Å²) in [5, 5.41) is 6.88. The summed E-state index contributed by atoms with van der Waals surface area (Å²) < 4.78 is 5.35. The van der Waals surface area contributed by atoms with Crippen molar-refractivity contribution in [2.45, 2.75) is 18.9 Å². The van der Waals surface area contributed by atoms with Gasteiger partial charge >= 0.3 is 0 Å². The highest BCUT2D eigenvalue weighted by atomic mass is 127. The van der Waals surface area contributed by atoms with Gasteiger partial charge in [-0.1, -0.05) is 24.3 Å². The standard InChI is InChI=1S/C24H31N5O2.HI/c1-25-24(27-19-13-23(30)29(17-19)20-7-4-3-5-8-20)26-15-18-11-12-28(16-18)21-9-6-10-22(14-21)31-2;/h3-10,14,18-19H,11-13,15-17H2,1-2H3,(H2,25,26,27);1H. The first-order valence-electron chi connectivity index (χ1n) is 10.9. The molecule has 2 aromatic rings. The van der Waals surface area contributed by atoms with E-state index in [1.54, 1.807) is 14.2 Å². The van der Waals surface area contributed by atoms with Gasteiger partial charge in [0.15, 0.2) is 5.96 Å². The third-order valence-electron chi connectivity index (χ3n) is 6.02. The Morgan fingerprint density at radius 1 is 1.12 bits per heavy atom. The number of halogens is 1. The van der Waals surface area contributed by atoms with Gasteiger partial charge in [-0.3, -0.25) is 9.79 Å². The lowest BCUT2D eigenvalue weighted by Crippen LogP contribution is -2.46. The van der Waals surface area contributed by atoms with Crippen molar-refractivity contribution in [2.75, 3.05) is 50.1 Å². The Morgan fingerprint density at radius 3 is 2.66 bits per heavy atom. The third-order valence-corrected chi connectivity index (χ3v) is 6.02. The summed E-state index contributed by atoms with van der Waals surface area (Å²) in [4.78, 5) is 21.1. The number of carbonyl (C=O) groups is 1. The van der Waals surface area contributed by atoms with E-state index in [-0.39, 0.29) is 35.9 Å². The second-order valence-electron chi connectivity index (χ2n) is 8.14. The van der Waals surface area contributed by atoms with Crippen LogP contribution < -0.4 is 25.2 Å². The molecule has 2 aromatic carbocycles. The topological polar surface area (TPSA) is 69.2 Å². The van der Waals surface area contributed by atoms with Crippen molar-refractivity contribution >= 4 is 47.2 Å². The summed E-state index contributed by atoms with van der Waals surface area (Å²) in [6, 6.07) is 18.1. The van der Waals surface area contributed by atoms with Crippen molar-refractivity contribution in [1.82, 2.24) is 10.6 Å². The fraction of sp³-hybridized carbons (Fsp3) is 0.417. The van der Waals surface area contributed by atoms with E-state index < -0.39 is 0 Å². The molecule has 1 amide bonds. The van der Waals surface area contributed by atoms with Crippen LogP contribution in [0.15, 0.2) is 59.6 Å². The minimum Gasteiger partial charge on any atom is -0.497 e. The molecule has 0 aliphatic carbocycles. The van der Waals surface area contributed by atoms with Crippen molar-refractivity contribution in [1.29, 1.82) is 0 Å². The third kappa shape index (κ3) is 5.85. The monoisotopic (exact) mass is 549 g/mol. The molecule has 32 heavy (non-hydrogen) atoms. The van der Waals surface area contributed by atoms with Gasteiger partial charge in [-0.15, -0.1) is 24.0 Å². The highest BCUT2D eigenvalue weighted by Gasteiger charge is 2.31. The van der Waals surface area contributed by atoms with E-state index in [4.69, 9.17) is 4.74 Å². The summed E-state index contributed by atoms with van der Waals surface area (Å²) >= 11 is 0. The molecule has 2 N–H and O–H groups in total. The Balaban J connectivity index is 0.00000289. The van der Waals surface area contributed by atoms with Crippen LogP contribution in [0.5, 0.6) is 5.75 Å². The fourth-order valence-electron chi connectivity index (χ4n) is 4.33. The number of benzene rings is 2. The maximum atomic E-state index is 12.4. The number of nitrogens with zero attached hydrogens (tertiary/aromatic N) is 3. The lowest BCUT2D eigenvalue weighted by Gasteiger charge is -2.21. The molecular formula is C24H32IN5O2. The predicted molar refractivity (Wildman–Crippen MR) is 140 cm³/mol. The van der Waals surface area contributed by atoms with Crippen molar-refractivity contribution in [3.63, 3.8) is 0 Å². The smallest absolute Gasteiger partial charge is 0.229 e. The summed E-state index contributed by atoms with van der Waals surface area (Å²) in [6.07, 6.45) is 1.60. The number of carbonyl (C=O) groups excluding carboxylic acids is 1. The van der Waals surface area contributed by atoms with Crippen LogP contribution in [0.4, 0.5) is 11.4 Å². The Bertz CT molecular complexity index is 924. The van der Waals surface area contributed by atoms with Gasteiger partial charge in [0.1, 0.15) is 5.75 Å². The second-order valence-corrected chi connectivity index (χ2v) is 8.14. The maximum absolute atomic E-state index is 12.4. The number of amides is 1. The van der Waals surface area contributed by atoms with Crippen molar-refractivity contribution in [3.8, 4) is 5.75 Å². The van der Waals surface area contributed by atoms with E-state index in [2.05, 4.69) is 32.7 Å². The van der Waals surface area contributed by atoms with Gasteiger partial charge in [-0.05, 0) is 36.6 Å².